The minimum atomic E-state index is -0.251. The van der Waals surface area contributed by atoms with Gasteiger partial charge in [0, 0.05) is 49.0 Å². The van der Waals surface area contributed by atoms with Crippen LogP contribution in [0.2, 0.25) is 10.0 Å². The van der Waals surface area contributed by atoms with E-state index in [-0.39, 0.29) is 11.8 Å². The summed E-state index contributed by atoms with van der Waals surface area (Å²) in [5.74, 6) is -0.247. The van der Waals surface area contributed by atoms with Gasteiger partial charge in [-0.15, -0.1) is 0 Å². The first-order chi connectivity index (χ1) is 17.0. The van der Waals surface area contributed by atoms with Crippen LogP contribution < -0.4 is 10.2 Å². The highest BCUT2D eigenvalue weighted by Gasteiger charge is 2.21. The van der Waals surface area contributed by atoms with Gasteiger partial charge in [-0.25, -0.2) is 0 Å². The van der Waals surface area contributed by atoms with Crippen molar-refractivity contribution in [2.45, 2.75) is 0 Å². The Bertz CT molecular complexity index is 1230. The zero-order chi connectivity index (χ0) is 24.6. The van der Waals surface area contributed by atoms with Gasteiger partial charge in [-0.3, -0.25) is 9.59 Å². The van der Waals surface area contributed by atoms with Crippen molar-refractivity contribution in [3.63, 3.8) is 0 Å². The molecule has 0 radical (unpaired) electrons. The molecule has 1 fully saturated rings. The molecule has 0 atom stereocenters. The molecule has 0 unspecified atom stereocenters. The number of anilines is 2. The number of carbonyl (C=O) groups is 2. The predicted octanol–water partition coefficient (Wildman–Crippen LogP) is 6.01. The Morgan fingerprint density at radius 3 is 2.11 bits per heavy atom. The second-order valence-corrected chi connectivity index (χ2v) is 8.94. The lowest BCUT2D eigenvalue weighted by Crippen LogP contribution is -2.48. The van der Waals surface area contributed by atoms with E-state index in [1.807, 2.05) is 65.6 Å². The summed E-state index contributed by atoms with van der Waals surface area (Å²) < 4.78 is 0. The molecule has 1 saturated heterocycles. The molecule has 0 aromatic heterocycles. The van der Waals surface area contributed by atoms with E-state index in [4.69, 9.17) is 23.2 Å². The highest BCUT2D eigenvalue weighted by molar-refractivity contribution is 6.33. The van der Waals surface area contributed by atoms with Crippen LogP contribution in [-0.4, -0.2) is 42.9 Å². The average molecular weight is 506 g/mol. The van der Waals surface area contributed by atoms with Gasteiger partial charge >= 0.3 is 0 Å². The van der Waals surface area contributed by atoms with Crippen LogP contribution in [0.15, 0.2) is 84.9 Å². The maximum Gasteiger partial charge on any atom is 0.248 e. The van der Waals surface area contributed by atoms with E-state index < -0.39 is 0 Å². The third-order valence-corrected chi connectivity index (χ3v) is 6.22. The number of piperazine rings is 1. The molecule has 0 bridgehead atoms. The molecular formula is C28H25Cl2N3O2. The van der Waals surface area contributed by atoms with Crippen LogP contribution in [0.3, 0.4) is 0 Å². The normalized spacial score (nSPS) is 14.0. The lowest BCUT2D eigenvalue weighted by atomic mass is 10.2. The summed E-state index contributed by atoms with van der Waals surface area (Å²) in [4.78, 5) is 28.8. The molecule has 4 rings (SSSR count). The number of benzene rings is 3. The topological polar surface area (TPSA) is 52.7 Å². The van der Waals surface area contributed by atoms with Crippen molar-refractivity contribution >= 4 is 58.5 Å². The van der Waals surface area contributed by atoms with Gasteiger partial charge in [-0.2, -0.15) is 0 Å². The van der Waals surface area contributed by atoms with Gasteiger partial charge in [0.1, 0.15) is 0 Å². The van der Waals surface area contributed by atoms with E-state index in [0.29, 0.717) is 41.9 Å². The summed E-state index contributed by atoms with van der Waals surface area (Å²) in [7, 11) is 0. The highest BCUT2D eigenvalue weighted by atomic mass is 35.5. The number of halogens is 2. The second kappa shape index (κ2) is 11.7. The first-order valence-corrected chi connectivity index (χ1v) is 12.0. The fourth-order valence-electron chi connectivity index (χ4n) is 3.78. The maximum absolute atomic E-state index is 12.5. The van der Waals surface area contributed by atoms with Crippen molar-refractivity contribution in [2.24, 2.45) is 0 Å². The van der Waals surface area contributed by atoms with E-state index in [0.717, 1.165) is 16.8 Å². The molecule has 35 heavy (non-hydrogen) atoms. The Kier molecular flexibility index (Phi) is 8.24. The maximum atomic E-state index is 12.5. The number of rotatable bonds is 6. The van der Waals surface area contributed by atoms with Gasteiger partial charge in [0.25, 0.3) is 0 Å². The largest absolute Gasteiger partial charge is 0.367 e. The third kappa shape index (κ3) is 6.98. The first kappa shape index (κ1) is 24.6. The van der Waals surface area contributed by atoms with Gasteiger partial charge in [-0.05, 0) is 53.6 Å². The highest BCUT2D eigenvalue weighted by Crippen LogP contribution is 2.30. The third-order valence-electron chi connectivity index (χ3n) is 5.66. The molecule has 2 amide bonds. The lowest BCUT2D eigenvalue weighted by molar-refractivity contribution is -0.126. The molecule has 178 valence electrons. The summed E-state index contributed by atoms with van der Waals surface area (Å²) >= 11 is 12.4. The number of amides is 2. The van der Waals surface area contributed by atoms with Crippen LogP contribution in [0, 0.1) is 0 Å². The fraction of sp³-hybridized carbons (Fsp3) is 0.143. The molecular weight excluding hydrogens is 481 g/mol. The van der Waals surface area contributed by atoms with E-state index >= 15 is 0 Å². The second-order valence-electron chi connectivity index (χ2n) is 8.10. The Balaban J connectivity index is 1.30. The number of hydrogen-bond donors (Lipinski definition) is 1. The molecule has 0 saturated carbocycles. The van der Waals surface area contributed by atoms with Gasteiger partial charge < -0.3 is 15.1 Å². The standard InChI is InChI=1S/C28H25Cl2N3O2/c29-23-10-6-22(7-11-23)8-14-27(34)31-24-12-13-26(25(30)20-24)32-16-18-33(19-17-32)28(35)15-9-21-4-2-1-3-5-21/h1-15,20H,16-19H2,(H,31,34)/b14-8+,15-9+. The Morgan fingerprint density at radius 2 is 1.43 bits per heavy atom. The first-order valence-electron chi connectivity index (χ1n) is 11.3. The summed E-state index contributed by atoms with van der Waals surface area (Å²) in [6.07, 6.45) is 6.64. The van der Waals surface area contributed by atoms with Crippen LogP contribution in [0.25, 0.3) is 12.2 Å². The molecule has 7 heteroatoms. The smallest absolute Gasteiger partial charge is 0.248 e. The predicted molar refractivity (Wildman–Crippen MR) is 145 cm³/mol. The van der Waals surface area contributed by atoms with E-state index in [9.17, 15) is 9.59 Å². The monoisotopic (exact) mass is 505 g/mol. The number of carbonyl (C=O) groups excluding carboxylic acids is 2. The van der Waals surface area contributed by atoms with Gasteiger partial charge in [-0.1, -0.05) is 65.7 Å². The van der Waals surface area contributed by atoms with Gasteiger partial charge in [0.05, 0.1) is 10.7 Å². The quantitative estimate of drug-likeness (QED) is 0.417. The molecule has 0 spiro atoms. The van der Waals surface area contributed by atoms with E-state index in [1.165, 1.54) is 6.08 Å². The van der Waals surface area contributed by atoms with Crippen molar-refractivity contribution in [3.05, 3.63) is 106 Å². The molecule has 0 aliphatic carbocycles. The van der Waals surface area contributed by atoms with Crippen molar-refractivity contribution in [1.82, 2.24) is 4.90 Å². The number of hydrogen-bond acceptors (Lipinski definition) is 3. The fourth-order valence-corrected chi connectivity index (χ4v) is 4.20. The molecule has 1 aliphatic rings. The molecule has 3 aromatic rings. The van der Waals surface area contributed by atoms with Crippen molar-refractivity contribution in [1.29, 1.82) is 0 Å². The Hall–Kier alpha value is -3.54. The Morgan fingerprint density at radius 1 is 0.771 bits per heavy atom. The number of nitrogens with one attached hydrogen (secondary N) is 1. The minimum Gasteiger partial charge on any atom is -0.367 e. The molecule has 5 nitrogen and oxygen atoms in total. The average Bonchev–Trinajstić information content (AvgIpc) is 2.88. The van der Waals surface area contributed by atoms with Crippen LogP contribution in [-0.2, 0) is 9.59 Å². The minimum absolute atomic E-state index is 0.00400. The van der Waals surface area contributed by atoms with Crippen molar-refractivity contribution in [3.8, 4) is 0 Å². The lowest BCUT2D eigenvalue weighted by Gasteiger charge is -2.36. The van der Waals surface area contributed by atoms with Gasteiger partial charge in [0.15, 0.2) is 0 Å². The van der Waals surface area contributed by atoms with Crippen LogP contribution in [0.5, 0.6) is 0 Å². The van der Waals surface area contributed by atoms with Crippen molar-refractivity contribution < 1.29 is 9.59 Å². The zero-order valence-electron chi connectivity index (χ0n) is 19.0. The zero-order valence-corrected chi connectivity index (χ0v) is 20.5. The van der Waals surface area contributed by atoms with Crippen LogP contribution in [0.1, 0.15) is 11.1 Å². The summed E-state index contributed by atoms with van der Waals surface area (Å²) in [5.41, 5.74) is 3.38. The SMILES string of the molecule is O=C(/C=C/c1ccc(Cl)cc1)Nc1ccc(N2CCN(C(=O)/C=C/c3ccccc3)CC2)c(Cl)c1. The van der Waals surface area contributed by atoms with E-state index in [2.05, 4.69) is 10.2 Å². The summed E-state index contributed by atoms with van der Waals surface area (Å²) in [5, 5.41) is 4.03. The molecule has 1 aliphatic heterocycles. The number of nitrogens with zero attached hydrogens (tertiary/aromatic N) is 2. The van der Waals surface area contributed by atoms with Crippen molar-refractivity contribution in [2.75, 3.05) is 36.4 Å². The molecule has 3 aromatic carbocycles. The van der Waals surface area contributed by atoms with Crippen LogP contribution in [0.4, 0.5) is 11.4 Å². The van der Waals surface area contributed by atoms with Gasteiger partial charge in [0.2, 0.25) is 11.8 Å². The summed E-state index contributed by atoms with van der Waals surface area (Å²) in [6.45, 7) is 2.59. The van der Waals surface area contributed by atoms with E-state index in [1.54, 1.807) is 30.4 Å². The molecule has 1 N–H and O–H groups in total. The Labute approximate surface area is 215 Å². The molecule has 1 heterocycles. The van der Waals surface area contributed by atoms with Crippen LogP contribution >= 0.6 is 23.2 Å². The summed E-state index contributed by atoms with van der Waals surface area (Å²) in [6, 6.07) is 22.5.